The average molecular weight is 273 g/mol. The van der Waals surface area contributed by atoms with E-state index < -0.39 is 22.7 Å². The number of hydrogen-bond donors (Lipinski definition) is 2. The molecule has 1 aliphatic carbocycles. The zero-order valence-electron chi connectivity index (χ0n) is 9.49. The molecule has 3 unspecified atom stereocenters. The van der Waals surface area contributed by atoms with Crippen LogP contribution in [0.1, 0.15) is 24.8 Å². The highest BCUT2D eigenvalue weighted by molar-refractivity contribution is 6.29. The molecule has 0 amide bonds. The van der Waals surface area contributed by atoms with Gasteiger partial charge in [0.25, 0.3) is 0 Å². The number of rotatable bonds is 2. The van der Waals surface area contributed by atoms with Crippen molar-refractivity contribution in [2.24, 2.45) is 0 Å². The Hall–Kier alpha value is -1.24. The number of pyridine rings is 1. The molecule has 1 heterocycles. The van der Waals surface area contributed by atoms with Gasteiger partial charge in [-0.2, -0.15) is 0 Å². The summed E-state index contributed by atoms with van der Waals surface area (Å²) in [6.07, 6.45) is 0.947. The van der Waals surface area contributed by atoms with Crippen molar-refractivity contribution in [3.63, 3.8) is 0 Å². The fourth-order valence-electron chi connectivity index (χ4n) is 2.41. The van der Waals surface area contributed by atoms with Gasteiger partial charge in [-0.1, -0.05) is 17.7 Å². The van der Waals surface area contributed by atoms with E-state index in [2.05, 4.69) is 4.98 Å². The third-order valence-electron chi connectivity index (χ3n) is 3.35. The SMILES string of the molecule is O=[N+]([O-])C1CCC(O)CC1(O)c1ccc(Cl)nc1. The second-order valence-electron chi connectivity index (χ2n) is 4.53. The van der Waals surface area contributed by atoms with E-state index in [4.69, 9.17) is 11.6 Å². The first-order chi connectivity index (χ1) is 8.43. The van der Waals surface area contributed by atoms with Crippen LogP contribution in [0.25, 0.3) is 0 Å². The number of hydrogen-bond acceptors (Lipinski definition) is 5. The minimum atomic E-state index is -1.70. The first-order valence-electron chi connectivity index (χ1n) is 5.59. The zero-order valence-corrected chi connectivity index (χ0v) is 10.2. The van der Waals surface area contributed by atoms with Crippen molar-refractivity contribution in [2.45, 2.75) is 37.0 Å². The first-order valence-corrected chi connectivity index (χ1v) is 5.97. The molecular weight excluding hydrogens is 260 g/mol. The molecule has 0 aliphatic heterocycles. The summed E-state index contributed by atoms with van der Waals surface area (Å²) < 4.78 is 0. The third-order valence-corrected chi connectivity index (χ3v) is 3.58. The Morgan fingerprint density at radius 3 is 2.78 bits per heavy atom. The van der Waals surface area contributed by atoms with Gasteiger partial charge in [0, 0.05) is 29.5 Å². The maximum absolute atomic E-state index is 11.0. The van der Waals surface area contributed by atoms with Gasteiger partial charge in [0.05, 0.1) is 6.10 Å². The van der Waals surface area contributed by atoms with E-state index in [1.165, 1.54) is 18.3 Å². The van der Waals surface area contributed by atoms with Gasteiger partial charge in [-0.15, -0.1) is 0 Å². The summed E-state index contributed by atoms with van der Waals surface area (Å²) >= 11 is 5.65. The van der Waals surface area contributed by atoms with E-state index in [1.54, 1.807) is 0 Å². The van der Waals surface area contributed by atoms with Gasteiger partial charge in [0.15, 0.2) is 5.60 Å². The van der Waals surface area contributed by atoms with Crippen molar-refractivity contribution in [1.82, 2.24) is 4.98 Å². The summed E-state index contributed by atoms with van der Waals surface area (Å²) in [7, 11) is 0. The predicted octanol–water partition coefficient (Wildman–Crippen LogP) is 1.11. The second-order valence-corrected chi connectivity index (χ2v) is 4.92. The standard InChI is InChI=1S/C11H13ClN2O4/c12-10-4-1-7(6-13-10)11(16)5-8(15)2-3-9(11)14(17)18/h1,4,6,8-9,15-16H,2-3,5H2. The van der Waals surface area contributed by atoms with Crippen LogP contribution in [0.15, 0.2) is 18.3 Å². The van der Waals surface area contributed by atoms with Crippen molar-refractivity contribution in [1.29, 1.82) is 0 Å². The quantitative estimate of drug-likeness (QED) is 0.478. The van der Waals surface area contributed by atoms with Crippen molar-refractivity contribution in [3.05, 3.63) is 39.2 Å². The van der Waals surface area contributed by atoms with Gasteiger partial charge in [0.1, 0.15) is 5.15 Å². The molecule has 18 heavy (non-hydrogen) atoms. The lowest BCUT2D eigenvalue weighted by atomic mass is 9.75. The Labute approximate surface area is 108 Å². The summed E-state index contributed by atoms with van der Waals surface area (Å²) in [5.41, 5.74) is -1.38. The van der Waals surface area contributed by atoms with E-state index >= 15 is 0 Å². The first kappa shape index (κ1) is 13.2. The fourth-order valence-corrected chi connectivity index (χ4v) is 2.52. The molecule has 1 saturated carbocycles. The van der Waals surface area contributed by atoms with E-state index in [9.17, 15) is 20.3 Å². The minimum Gasteiger partial charge on any atom is -0.393 e. The molecule has 1 aromatic rings. The number of nitro groups is 1. The predicted molar refractivity (Wildman–Crippen MR) is 63.8 cm³/mol. The van der Waals surface area contributed by atoms with Crippen molar-refractivity contribution in [3.8, 4) is 0 Å². The molecule has 2 rings (SSSR count). The summed E-state index contributed by atoms with van der Waals surface area (Å²) in [5.74, 6) is 0. The normalized spacial score (nSPS) is 32.2. The van der Waals surface area contributed by atoms with Gasteiger partial charge < -0.3 is 10.2 Å². The monoisotopic (exact) mass is 272 g/mol. The van der Waals surface area contributed by atoms with Crippen LogP contribution >= 0.6 is 11.6 Å². The fraction of sp³-hybridized carbons (Fsp3) is 0.545. The van der Waals surface area contributed by atoms with Crippen LogP contribution in [0, 0.1) is 10.1 Å². The number of nitrogens with zero attached hydrogens (tertiary/aromatic N) is 2. The van der Waals surface area contributed by atoms with Crippen LogP contribution < -0.4 is 0 Å². The van der Waals surface area contributed by atoms with Gasteiger partial charge >= 0.3 is 0 Å². The van der Waals surface area contributed by atoms with Crippen molar-refractivity contribution < 1.29 is 15.1 Å². The van der Waals surface area contributed by atoms with Crippen LogP contribution in [0.5, 0.6) is 0 Å². The molecule has 98 valence electrons. The number of aliphatic hydroxyl groups excluding tert-OH is 1. The van der Waals surface area contributed by atoms with Crippen LogP contribution in [-0.4, -0.2) is 32.3 Å². The Balaban J connectivity index is 2.40. The molecule has 3 atom stereocenters. The maximum atomic E-state index is 11.0. The van der Waals surface area contributed by atoms with Crippen LogP contribution in [0.2, 0.25) is 5.15 Å². The molecular formula is C11H13ClN2O4. The molecule has 0 saturated heterocycles. The largest absolute Gasteiger partial charge is 0.393 e. The molecule has 0 radical (unpaired) electrons. The molecule has 0 aromatic carbocycles. The second kappa shape index (κ2) is 4.79. The molecule has 2 N–H and O–H groups in total. The third kappa shape index (κ3) is 2.31. The van der Waals surface area contributed by atoms with E-state index in [0.717, 1.165) is 0 Å². The smallest absolute Gasteiger partial charge is 0.245 e. The summed E-state index contributed by atoms with van der Waals surface area (Å²) in [5, 5.41) is 31.5. The summed E-state index contributed by atoms with van der Waals surface area (Å²) in [6.45, 7) is 0. The Bertz CT molecular complexity index is 453. The van der Waals surface area contributed by atoms with Crippen LogP contribution in [-0.2, 0) is 5.60 Å². The van der Waals surface area contributed by atoms with Crippen molar-refractivity contribution in [2.75, 3.05) is 0 Å². The highest BCUT2D eigenvalue weighted by Crippen LogP contribution is 2.38. The summed E-state index contributed by atoms with van der Waals surface area (Å²) in [4.78, 5) is 14.4. The van der Waals surface area contributed by atoms with E-state index in [-0.39, 0.29) is 18.0 Å². The molecule has 0 spiro atoms. The molecule has 1 aliphatic rings. The Kier molecular flexibility index (Phi) is 3.52. The molecule has 0 bridgehead atoms. The zero-order chi connectivity index (χ0) is 13.3. The average Bonchev–Trinajstić information content (AvgIpc) is 2.28. The Morgan fingerprint density at radius 1 is 1.50 bits per heavy atom. The van der Waals surface area contributed by atoms with E-state index in [0.29, 0.717) is 12.0 Å². The molecule has 6 nitrogen and oxygen atoms in total. The Morgan fingerprint density at radius 2 is 2.22 bits per heavy atom. The van der Waals surface area contributed by atoms with E-state index in [1.807, 2.05) is 0 Å². The minimum absolute atomic E-state index is 0.0675. The van der Waals surface area contributed by atoms with Gasteiger partial charge in [-0.05, 0) is 12.5 Å². The highest BCUT2D eigenvalue weighted by atomic mass is 35.5. The molecule has 7 heteroatoms. The highest BCUT2D eigenvalue weighted by Gasteiger charge is 2.51. The molecule has 1 aromatic heterocycles. The van der Waals surface area contributed by atoms with Crippen LogP contribution in [0.3, 0.4) is 0 Å². The van der Waals surface area contributed by atoms with Gasteiger partial charge in [-0.25, -0.2) is 4.98 Å². The van der Waals surface area contributed by atoms with Crippen molar-refractivity contribution >= 4 is 11.6 Å². The lowest BCUT2D eigenvalue weighted by molar-refractivity contribution is -0.553. The lowest BCUT2D eigenvalue weighted by Gasteiger charge is -2.36. The summed E-state index contributed by atoms with van der Waals surface area (Å²) in [6, 6.07) is 1.83. The lowest BCUT2D eigenvalue weighted by Crippen LogP contribution is -2.50. The topological polar surface area (TPSA) is 96.5 Å². The van der Waals surface area contributed by atoms with Crippen LogP contribution in [0.4, 0.5) is 0 Å². The number of aliphatic hydroxyl groups is 2. The number of halogens is 1. The molecule has 1 fully saturated rings. The maximum Gasteiger partial charge on any atom is 0.245 e. The van der Waals surface area contributed by atoms with Gasteiger partial charge in [0.2, 0.25) is 6.04 Å². The number of aromatic nitrogens is 1. The van der Waals surface area contributed by atoms with Gasteiger partial charge in [-0.3, -0.25) is 10.1 Å².